The predicted octanol–water partition coefficient (Wildman–Crippen LogP) is 2.36. The molecule has 10 nitrogen and oxygen atoms in total. The summed E-state index contributed by atoms with van der Waals surface area (Å²) in [6, 6.07) is 6.35. The Morgan fingerprint density at radius 2 is 1.89 bits per heavy atom. The van der Waals surface area contributed by atoms with Crippen LogP contribution in [0.4, 0.5) is 18.9 Å². The normalized spacial score (nSPS) is 19.2. The lowest BCUT2D eigenvalue weighted by Crippen LogP contribution is -2.56. The first-order chi connectivity index (χ1) is 17.5. The van der Waals surface area contributed by atoms with Crippen molar-refractivity contribution in [1.29, 1.82) is 0 Å². The van der Waals surface area contributed by atoms with Crippen molar-refractivity contribution in [3.63, 3.8) is 0 Å². The van der Waals surface area contributed by atoms with Gasteiger partial charge in [-0.15, -0.1) is 13.2 Å². The third-order valence-corrected chi connectivity index (χ3v) is 6.79. The number of hydrogen-bond acceptors (Lipinski definition) is 6. The van der Waals surface area contributed by atoms with Gasteiger partial charge < -0.3 is 30.4 Å². The number of carbonyl (C=O) groups is 3. The summed E-state index contributed by atoms with van der Waals surface area (Å²) >= 11 is 0. The number of benzene rings is 1. The van der Waals surface area contributed by atoms with Gasteiger partial charge in [0, 0.05) is 19.0 Å². The Morgan fingerprint density at radius 3 is 2.57 bits per heavy atom. The maximum absolute atomic E-state index is 13.1. The molecule has 1 saturated carbocycles. The molecule has 1 aromatic carbocycles. The molecule has 198 valence electrons. The van der Waals surface area contributed by atoms with Gasteiger partial charge >= 0.3 is 6.36 Å². The fourth-order valence-corrected chi connectivity index (χ4v) is 4.66. The van der Waals surface area contributed by atoms with E-state index in [0.717, 1.165) is 18.9 Å². The number of ether oxygens (including phenoxy) is 1. The number of aromatic nitrogens is 1. The second-order valence-corrected chi connectivity index (χ2v) is 9.63. The fourth-order valence-electron chi connectivity index (χ4n) is 4.66. The van der Waals surface area contributed by atoms with Crippen molar-refractivity contribution in [2.24, 2.45) is 5.92 Å². The summed E-state index contributed by atoms with van der Waals surface area (Å²) < 4.78 is 43.4. The van der Waals surface area contributed by atoms with Crippen LogP contribution in [-0.2, 0) is 4.79 Å². The van der Waals surface area contributed by atoms with Gasteiger partial charge in [-0.2, -0.15) is 0 Å². The topological polar surface area (TPSA) is 116 Å². The molecule has 0 atom stereocenters. The zero-order chi connectivity index (χ0) is 26.4. The van der Waals surface area contributed by atoms with E-state index in [4.69, 9.17) is 0 Å². The molecule has 2 aromatic rings. The van der Waals surface area contributed by atoms with Gasteiger partial charge in [-0.25, -0.2) is 0 Å². The maximum Gasteiger partial charge on any atom is 0.573 e. The molecule has 1 aromatic heterocycles. The Labute approximate surface area is 209 Å². The number of para-hydroxylation sites is 1. The average molecular weight is 521 g/mol. The number of rotatable bonds is 6. The van der Waals surface area contributed by atoms with Gasteiger partial charge in [0.25, 0.3) is 11.8 Å². The summed E-state index contributed by atoms with van der Waals surface area (Å²) in [5, 5.41) is 13.6. The first-order valence-corrected chi connectivity index (χ1v) is 11.9. The van der Waals surface area contributed by atoms with E-state index < -0.39 is 23.6 Å². The minimum atomic E-state index is -4.96. The first kappa shape index (κ1) is 24.9. The number of nitrogens with one attached hydrogen (secondary N) is 2. The highest BCUT2D eigenvalue weighted by Gasteiger charge is 2.41. The van der Waals surface area contributed by atoms with E-state index in [1.54, 1.807) is 4.90 Å². The quantitative estimate of drug-likeness (QED) is 0.538. The number of likely N-dealkylation sites (tertiary alicyclic amines) is 1. The van der Waals surface area contributed by atoms with Crippen LogP contribution in [-0.4, -0.2) is 75.6 Å². The largest absolute Gasteiger partial charge is 0.573 e. The molecule has 3 N–H and O–H groups in total. The Balaban J connectivity index is 1.22. The summed E-state index contributed by atoms with van der Waals surface area (Å²) in [5.41, 5.74) is 1.92. The molecule has 0 radical (unpaired) electrons. The number of nitrogens with zero attached hydrogens (tertiary/aromatic N) is 3. The van der Waals surface area contributed by atoms with Crippen molar-refractivity contribution in [3.8, 4) is 5.75 Å². The number of aliphatic hydroxyl groups is 1. The van der Waals surface area contributed by atoms with E-state index in [0.29, 0.717) is 25.9 Å². The maximum atomic E-state index is 13.1. The Bertz CT molecular complexity index is 1220. The number of β-amino-alcohol motifs (C(OH)–C–C–N with tert-alkyl or cyclic N) is 1. The monoisotopic (exact) mass is 521 g/mol. The molecular formula is C24H26F3N5O5. The number of hydrogen-bond donors (Lipinski definition) is 3. The predicted molar refractivity (Wildman–Crippen MR) is 124 cm³/mol. The average Bonchev–Trinajstić information content (AvgIpc) is 3.60. The van der Waals surface area contributed by atoms with Crippen molar-refractivity contribution in [3.05, 3.63) is 47.8 Å². The lowest BCUT2D eigenvalue weighted by atomic mass is 9.90. The molecule has 3 aliphatic rings. The van der Waals surface area contributed by atoms with Gasteiger partial charge in [0.1, 0.15) is 18.1 Å². The van der Waals surface area contributed by atoms with Crippen LogP contribution in [0.5, 0.6) is 5.75 Å². The van der Waals surface area contributed by atoms with E-state index in [9.17, 15) is 32.7 Å². The summed E-state index contributed by atoms with van der Waals surface area (Å²) in [7, 11) is 0. The summed E-state index contributed by atoms with van der Waals surface area (Å²) in [6.45, 7) is 1.04. The number of alkyl halides is 3. The van der Waals surface area contributed by atoms with E-state index in [2.05, 4.69) is 15.5 Å². The molecule has 0 bridgehead atoms. The van der Waals surface area contributed by atoms with Crippen molar-refractivity contribution < 1.29 is 37.4 Å². The van der Waals surface area contributed by atoms with Crippen LogP contribution in [0.25, 0.3) is 0 Å². The molecule has 0 unspecified atom stereocenters. The SMILES string of the molecule is O=C(Nc1cc2n(c1)NCN(CC1(O)CCN(C(=O)C3CC3)CC1)C2=O)c1ccccc1OC(F)(F)F. The molecule has 3 heterocycles. The van der Waals surface area contributed by atoms with Crippen LogP contribution in [0.15, 0.2) is 36.5 Å². The summed E-state index contributed by atoms with van der Waals surface area (Å²) in [4.78, 5) is 41.3. The zero-order valence-electron chi connectivity index (χ0n) is 19.8. The number of amides is 3. The third kappa shape index (κ3) is 5.50. The zero-order valence-corrected chi connectivity index (χ0v) is 19.8. The summed E-state index contributed by atoms with van der Waals surface area (Å²) in [6.07, 6.45) is -0.966. The lowest BCUT2D eigenvalue weighted by molar-refractivity contribution is -0.274. The van der Waals surface area contributed by atoms with Crippen molar-refractivity contribution in [2.75, 3.05) is 37.0 Å². The highest BCUT2D eigenvalue weighted by atomic mass is 19.4. The Hall–Kier alpha value is -3.74. The molecule has 3 amide bonds. The van der Waals surface area contributed by atoms with E-state index >= 15 is 0 Å². The molecule has 13 heteroatoms. The van der Waals surface area contributed by atoms with Gasteiger partial charge in [-0.05, 0) is 43.9 Å². The second-order valence-electron chi connectivity index (χ2n) is 9.63. The molecule has 37 heavy (non-hydrogen) atoms. The molecule has 2 aliphatic heterocycles. The van der Waals surface area contributed by atoms with E-state index in [1.165, 1.54) is 40.0 Å². The molecule has 1 aliphatic carbocycles. The fraction of sp³-hybridized carbons (Fsp3) is 0.458. The first-order valence-electron chi connectivity index (χ1n) is 11.9. The minimum Gasteiger partial charge on any atom is -0.405 e. The number of piperidine rings is 1. The third-order valence-electron chi connectivity index (χ3n) is 6.79. The smallest absolute Gasteiger partial charge is 0.405 e. The van der Waals surface area contributed by atoms with Crippen molar-refractivity contribution >= 4 is 23.4 Å². The number of fused-ring (bicyclic) bond motifs is 1. The van der Waals surface area contributed by atoms with Crippen LogP contribution >= 0.6 is 0 Å². The molecule has 5 rings (SSSR count). The van der Waals surface area contributed by atoms with Crippen LogP contribution in [0.2, 0.25) is 0 Å². The van der Waals surface area contributed by atoms with Crippen LogP contribution in [0.3, 0.4) is 0 Å². The molecule has 0 spiro atoms. The van der Waals surface area contributed by atoms with Gasteiger partial charge in [-0.1, -0.05) is 12.1 Å². The number of anilines is 1. The van der Waals surface area contributed by atoms with Crippen LogP contribution in [0.1, 0.15) is 46.5 Å². The second kappa shape index (κ2) is 9.29. The van der Waals surface area contributed by atoms with Crippen molar-refractivity contribution in [1.82, 2.24) is 14.5 Å². The standard InChI is InChI=1S/C24H26F3N5O5/c25-24(26,27)37-19-4-2-1-3-17(19)20(33)29-16-11-18-22(35)31(14-28-32(18)12-16)13-23(36)7-9-30(10-8-23)21(34)15-5-6-15/h1-4,11-12,15,28,36H,5-10,13-14H2,(H,29,33). The van der Waals surface area contributed by atoms with Gasteiger partial charge in [0.05, 0.1) is 29.6 Å². The highest BCUT2D eigenvalue weighted by Crippen LogP contribution is 2.34. The molecular weight excluding hydrogens is 495 g/mol. The van der Waals surface area contributed by atoms with Crippen molar-refractivity contribution in [2.45, 2.75) is 37.6 Å². The van der Waals surface area contributed by atoms with Crippen LogP contribution < -0.4 is 15.5 Å². The van der Waals surface area contributed by atoms with E-state index in [-0.39, 0.29) is 47.9 Å². The minimum absolute atomic E-state index is 0.0688. The Kier molecular flexibility index (Phi) is 6.26. The van der Waals surface area contributed by atoms with E-state index in [1.807, 2.05) is 0 Å². The molecule has 1 saturated heterocycles. The van der Waals surface area contributed by atoms with Gasteiger partial charge in [0.15, 0.2) is 0 Å². The number of halogens is 3. The molecule has 2 fully saturated rings. The highest BCUT2D eigenvalue weighted by molar-refractivity contribution is 6.07. The van der Waals surface area contributed by atoms with Gasteiger partial charge in [0.2, 0.25) is 5.91 Å². The Morgan fingerprint density at radius 1 is 1.19 bits per heavy atom. The van der Waals surface area contributed by atoms with Crippen LogP contribution in [0, 0.1) is 5.92 Å². The lowest BCUT2D eigenvalue weighted by Gasteiger charge is -2.42. The summed E-state index contributed by atoms with van der Waals surface area (Å²) in [5.74, 6) is -1.61. The van der Waals surface area contributed by atoms with Gasteiger partial charge in [-0.3, -0.25) is 19.1 Å². The number of carbonyl (C=O) groups excluding carboxylic acids is 3.